The van der Waals surface area contributed by atoms with Gasteiger partial charge in [0.15, 0.2) is 0 Å². The van der Waals surface area contributed by atoms with Crippen molar-refractivity contribution in [3.8, 4) is 5.75 Å². The van der Waals surface area contributed by atoms with Gasteiger partial charge in [0.25, 0.3) is 0 Å². The Morgan fingerprint density at radius 2 is 2.00 bits per heavy atom. The van der Waals surface area contributed by atoms with Gasteiger partial charge in [-0.25, -0.2) is 0 Å². The maximum absolute atomic E-state index is 12.3. The van der Waals surface area contributed by atoms with Crippen molar-refractivity contribution in [3.63, 3.8) is 0 Å². The molecule has 0 spiro atoms. The van der Waals surface area contributed by atoms with Gasteiger partial charge in [-0.3, -0.25) is 4.79 Å². The normalized spacial score (nSPS) is 22.5. The summed E-state index contributed by atoms with van der Waals surface area (Å²) in [5.41, 5.74) is 1.22. The number of methoxy groups -OCH3 is 1. The molecule has 2 rings (SSSR count). The number of ether oxygens (including phenoxy) is 1. The van der Waals surface area contributed by atoms with Crippen molar-refractivity contribution in [2.75, 3.05) is 7.11 Å². The van der Waals surface area contributed by atoms with E-state index in [1.165, 1.54) is 24.8 Å². The monoisotopic (exact) mass is 274 g/mol. The van der Waals surface area contributed by atoms with Crippen molar-refractivity contribution in [2.24, 2.45) is 11.8 Å². The molecule has 1 aliphatic rings. The Morgan fingerprint density at radius 3 is 2.65 bits per heavy atom. The van der Waals surface area contributed by atoms with Gasteiger partial charge in [0, 0.05) is 12.3 Å². The van der Waals surface area contributed by atoms with E-state index in [1.54, 1.807) is 7.11 Å². The lowest BCUT2D eigenvalue weighted by molar-refractivity contribution is -0.124. The van der Waals surface area contributed by atoms with Crippen LogP contribution in [0.25, 0.3) is 0 Å². The van der Waals surface area contributed by atoms with Crippen LogP contribution in [0.4, 0.5) is 0 Å². The maximum atomic E-state index is 12.3. The maximum Gasteiger partial charge on any atom is 0.136 e. The summed E-state index contributed by atoms with van der Waals surface area (Å²) in [5, 5.41) is 0. The van der Waals surface area contributed by atoms with Gasteiger partial charge in [0.05, 0.1) is 7.11 Å². The molecule has 1 saturated carbocycles. The van der Waals surface area contributed by atoms with E-state index in [-0.39, 0.29) is 0 Å². The molecule has 2 heteroatoms. The predicted molar refractivity (Wildman–Crippen MR) is 82.1 cm³/mol. The smallest absolute Gasteiger partial charge is 0.136 e. The van der Waals surface area contributed by atoms with Gasteiger partial charge >= 0.3 is 0 Å². The van der Waals surface area contributed by atoms with Gasteiger partial charge in [0.2, 0.25) is 0 Å². The number of hydrogen-bond acceptors (Lipinski definition) is 2. The fourth-order valence-electron chi connectivity index (χ4n) is 3.22. The highest BCUT2D eigenvalue weighted by molar-refractivity contribution is 5.81. The molecule has 0 aromatic heterocycles. The Kier molecular flexibility index (Phi) is 5.63. The Bertz CT molecular complexity index is 422. The fourth-order valence-corrected chi connectivity index (χ4v) is 3.22. The van der Waals surface area contributed by atoms with Crippen LogP contribution < -0.4 is 4.74 Å². The number of aryl methyl sites for hydroxylation is 1. The van der Waals surface area contributed by atoms with E-state index in [0.717, 1.165) is 30.9 Å². The lowest BCUT2D eigenvalue weighted by Gasteiger charge is -2.27. The van der Waals surface area contributed by atoms with E-state index in [9.17, 15) is 4.79 Å². The molecule has 20 heavy (non-hydrogen) atoms. The van der Waals surface area contributed by atoms with Gasteiger partial charge in [-0.15, -0.1) is 0 Å². The molecule has 0 heterocycles. The third-order valence-electron chi connectivity index (χ3n) is 4.63. The van der Waals surface area contributed by atoms with Gasteiger partial charge in [-0.05, 0) is 42.9 Å². The quantitative estimate of drug-likeness (QED) is 0.768. The van der Waals surface area contributed by atoms with E-state index < -0.39 is 0 Å². The standard InChI is InChI=1S/C18H26O2/c1-3-14-5-4-6-16(13-14)18(19)12-9-15-7-10-17(20-2)11-8-15/h7-8,10-11,14,16H,3-6,9,12-13H2,1-2H3. The van der Waals surface area contributed by atoms with Crippen molar-refractivity contribution in [1.82, 2.24) is 0 Å². The van der Waals surface area contributed by atoms with Gasteiger partial charge < -0.3 is 4.74 Å². The molecule has 0 N–H and O–H groups in total. The van der Waals surface area contributed by atoms with Crippen molar-refractivity contribution >= 4 is 5.78 Å². The lowest BCUT2D eigenvalue weighted by atomic mass is 9.77. The SMILES string of the molecule is CCC1CCCC(C(=O)CCc2ccc(OC)cc2)C1. The summed E-state index contributed by atoms with van der Waals surface area (Å²) in [6.07, 6.45) is 7.55. The minimum absolute atomic E-state index is 0.326. The predicted octanol–water partition coefficient (Wildman–Crippen LogP) is 4.41. The van der Waals surface area contributed by atoms with Crippen LogP contribution in [0.5, 0.6) is 5.75 Å². The van der Waals surface area contributed by atoms with Crippen LogP contribution in [0.1, 0.15) is 51.0 Å². The first-order chi connectivity index (χ1) is 9.72. The van der Waals surface area contributed by atoms with Gasteiger partial charge in [0.1, 0.15) is 11.5 Å². The molecule has 0 aliphatic heterocycles. The first-order valence-corrected chi connectivity index (χ1v) is 7.88. The molecule has 1 aromatic rings. The zero-order chi connectivity index (χ0) is 14.4. The van der Waals surface area contributed by atoms with Crippen LogP contribution in [0.2, 0.25) is 0 Å². The zero-order valence-electron chi connectivity index (χ0n) is 12.7. The number of rotatable bonds is 6. The number of carbonyl (C=O) groups excluding carboxylic acids is 1. The zero-order valence-corrected chi connectivity index (χ0v) is 12.7. The Hall–Kier alpha value is -1.31. The third kappa shape index (κ3) is 4.09. The molecule has 0 bridgehead atoms. The van der Waals surface area contributed by atoms with Gasteiger partial charge in [-0.2, -0.15) is 0 Å². The number of ketones is 1. The van der Waals surface area contributed by atoms with E-state index in [4.69, 9.17) is 4.74 Å². The second kappa shape index (κ2) is 7.47. The molecule has 0 saturated heterocycles. The summed E-state index contributed by atoms with van der Waals surface area (Å²) in [6.45, 7) is 2.24. The number of benzene rings is 1. The minimum Gasteiger partial charge on any atom is -0.497 e. The molecule has 1 aliphatic carbocycles. The van der Waals surface area contributed by atoms with Crippen molar-refractivity contribution in [2.45, 2.75) is 51.9 Å². The average molecular weight is 274 g/mol. The van der Waals surface area contributed by atoms with Crippen LogP contribution in [0.3, 0.4) is 0 Å². The first kappa shape index (κ1) is 15.1. The lowest BCUT2D eigenvalue weighted by Crippen LogP contribution is -2.23. The van der Waals surface area contributed by atoms with Crippen molar-refractivity contribution in [3.05, 3.63) is 29.8 Å². The van der Waals surface area contributed by atoms with Crippen LogP contribution in [0.15, 0.2) is 24.3 Å². The van der Waals surface area contributed by atoms with Crippen LogP contribution in [0, 0.1) is 11.8 Å². The molecular weight excluding hydrogens is 248 g/mol. The molecule has 2 unspecified atom stereocenters. The number of carbonyl (C=O) groups is 1. The average Bonchev–Trinajstić information content (AvgIpc) is 2.53. The molecule has 0 amide bonds. The van der Waals surface area contributed by atoms with E-state index >= 15 is 0 Å². The van der Waals surface area contributed by atoms with Crippen LogP contribution in [-0.2, 0) is 11.2 Å². The van der Waals surface area contributed by atoms with E-state index in [1.807, 2.05) is 12.1 Å². The second-order valence-corrected chi connectivity index (χ2v) is 5.95. The Labute approximate surface area is 122 Å². The summed E-state index contributed by atoms with van der Waals surface area (Å²) < 4.78 is 5.15. The van der Waals surface area contributed by atoms with Gasteiger partial charge in [-0.1, -0.05) is 38.3 Å². The number of hydrogen-bond donors (Lipinski definition) is 0. The first-order valence-electron chi connectivity index (χ1n) is 7.88. The summed E-state index contributed by atoms with van der Waals surface area (Å²) in [6, 6.07) is 8.05. The molecule has 1 fully saturated rings. The minimum atomic E-state index is 0.326. The van der Waals surface area contributed by atoms with Crippen LogP contribution >= 0.6 is 0 Å². The molecular formula is C18H26O2. The highest BCUT2D eigenvalue weighted by atomic mass is 16.5. The van der Waals surface area contributed by atoms with Crippen LogP contribution in [-0.4, -0.2) is 12.9 Å². The van der Waals surface area contributed by atoms with Crippen molar-refractivity contribution < 1.29 is 9.53 Å². The highest BCUT2D eigenvalue weighted by Gasteiger charge is 2.25. The summed E-state index contributed by atoms with van der Waals surface area (Å²) in [7, 11) is 1.67. The highest BCUT2D eigenvalue weighted by Crippen LogP contribution is 2.32. The molecule has 1 aromatic carbocycles. The summed E-state index contributed by atoms with van der Waals surface area (Å²) in [4.78, 5) is 12.3. The summed E-state index contributed by atoms with van der Waals surface area (Å²) >= 11 is 0. The number of Topliss-reactive ketones (excluding diaryl/α,β-unsaturated/α-hetero) is 1. The fraction of sp³-hybridized carbons (Fsp3) is 0.611. The third-order valence-corrected chi connectivity index (χ3v) is 4.63. The molecule has 2 nitrogen and oxygen atoms in total. The van der Waals surface area contributed by atoms with E-state index in [0.29, 0.717) is 18.1 Å². The Balaban J connectivity index is 1.81. The molecule has 2 atom stereocenters. The Morgan fingerprint density at radius 1 is 1.25 bits per heavy atom. The molecule has 0 radical (unpaired) electrons. The largest absolute Gasteiger partial charge is 0.497 e. The molecule has 110 valence electrons. The van der Waals surface area contributed by atoms with Crippen molar-refractivity contribution in [1.29, 1.82) is 0 Å². The summed E-state index contributed by atoms with van der Waals surface area (Å²) in [5.74, 6) is 2.45. The van der Waals surface area contributed by atoms with E-state index in [2.05, 4.69) is 19.1 Å². The topological polar surface area (TPSA) is 26.3 Å². The second-order valence-electron chi connectivity index (χ2n) is 5.95.